The Morgan fingerprint density at radius 1 is 1.04 bits per heavy atom. The molecule has 2 atom stereocenters. The largest absolute Gasteiger partial charge is 0.493 e. The van der Waals surface area contributed by atoms with E-state index in [1.165, 1.54) is 5.57 Å². The zero-order chi connectivity index (χ0) is 20.5. The number of carbonyl (C=O) groups excluding carboxylic acids is 1. The summed E-state index contributed by atoms with van der Waals surface area (Å²) < 4.78 is 22.1. The highest BCUT2D eigenvalue weighted by molar-refractivity contribution is 5.76. The van der Waals surface area contributed by atoms with Crippen molar-refractivity contribution >= 4 is 11.7 Å². The summed E-state index contributed by atoms with van der Waals surface area (Å²) >= 11 is 0. The molecule has 1 saturated heterocycles. The first kappa shape index (κ1) is 20.4. The van der Waals surface area contributed by atoms with E-state index < -0.39 is 5.60 Å². The fraction of sp³-hybridized carbons (Fsp3) is 0.591. The number of fused-ring (bicyclic) bond motifs is 2. The molecule has 2 bridgehead atoms. The Morgan fingerprint density at radius 2 is 1.68 bits per heavy atom. The average molecular weight is 389 g/mol. The highest BCUT2D eigenvalue weighted by atomic mass is 16.6. The summed E-state index contributed by atoms with van der Waals surface area (Å²) in [6.07, 6.45) is 5.81. The van der Waals surface area contributed by atoms with Crippen LogP contribution in [-0.2, 0) is 4.74 Å². The maximum absolute atomic E-state index is 12.8. The van der Waals surface area contributed by atoms with Crippen LogP contribution in [0.5, 0.6) is 17.2 Å². The van der Waals surface area contributed by atoms with E-state index in [1.54, 1.807) is 21.3 Å². The summed E-state index contributed by atoms with van der Waals surface area (Å²) in [4.78, 5) is 14.7. The molecule has 2 aliphatic rings. The third-order valence-corrected chi connectivity index (χ3v) is 5.28. The van der Waals surface area contributed by atoms with Gasteiger partial charge in [-0.2, -0.15) is 0 Å². The monoisotopic (exact) mass is 389 g/mol. The molecule has 0 spiro atoms. The van der Waals surface area contributed by atoms with E-state index in [0.717, 1.165) is 31.2 Å². The summed E-state index contributed by atoms with van der Waals surface area (Å²) in [6, 6.07) is 4.15. The van der Waals surface area contributed by atoms with Crippen LogP contribution in [0.1, 0.15) is 52.0 Å². The van der Waals surface area contributed by atoms with Crippen molar-refractivity contribution in [1.82, 2.24) is 4.90 Å². The van der Waals surface area contributed by atoms with Crippen molar-refractivity contribution in [2.75, 3.05) is 21.3 Å². The van der Waals surface area contributed by atoms with Crippen molar-refractivity contribution < 1.29 is 23.7 Å². The van der Waals surface area contributed by atoms with Gasteiger partial charge in [-0.15, -0.1) is 0 Å². The normalized spacial score (nSPS) is 21.6. The summed E-state index contributed by atoms with van der Waals surface area (Å²) in [5.74, 6) is 1.86. The van der Waals surface area contributed by atoms with Crippen molar-refractivity contribution in [3.63, 3.8) is 0 Å². The van der Waals surface area contributed by atoms with E-state index >= 15 is 0 Å². The minimum absolute atomic E-state index is 0.0523. The lowest BCUT2D eigenvalue weighted by atomic mass is 9.83. The Balaban J connectivity index is 1.94. The van der Waals surface area contributed by atoms with Gasteiger partial charge in [-0.25, -0.2) is 4.79 Å². The number of amides is 1. The van der Waals surface area contributed by atoms with Gasteiger partial charge in [0.1, 0.15) is 5.60 Å². The second-order valence-corrected chi connectivity index (χ2v) is 8.35. The predicted molar refractivity (Wildman–Crippen MR) is 108 cm³/mol. The van der Waals surface area contributed by atoms with Crippen LogP contribution in [-0.4, -0.2) is 50.0 Å². The quantitative estimate of drug-likeness (QED) is 0.750. The summed E-state index contributed by atoms with van der Waals surface area (Å²) in [5, 5.41) is 0. The van der Waals surface area contributed by atoms with Gasteiger partial charge >= 0.3 is 6.09 Å². The third-order valence-electron chi connectivity index (χ3n) is 5.28. The van der Waals surface area contributed by atoms with Crippen molar-refractivity contribution in [2.24, 2.45) is 0 Å². The molecule has 2 heterocycles. The van der Waals surface area contributed by atoms with Crippen molar-refractivity contribution in [2.45, 2.75) is 64.1 Å². The van der Waals surface area contributed by atoms with Crippen LogP contribution < -0.4 is 14.2 Å². The molecule has 1 amide bonds. The van der Waals surface area contributed by atoms with Crippen LogP contribution in [0.4, 0.5) is 4.79 Å². The summed E-state index contributed by atoms with van der Waals surface area (Å²) in [7, 11) is 4.84. The van der Waals surface area contributed by atoms with Crippen LogP contribution in [0.3, 0.4) is 0 Å². The second-order valence-electron chi connectivity index (χ2n) is 8.35. The molecule has 1 aromatic carbocycles. The first-order valence-corrected chi connectivity index (χ1v) is 9.79. The van der Waals surface area contributed by atoms with Crippen LogP contribution in [0.2, 0.25) is 0 Å². The van der Waals surface area contributed by atoms with Gasteiger partial charge in [-0.3, -0.25) is 4.90 Å². The maximum atomic E-state index is 12.8. The van der Waals surface area contributed by atoms with Gasteiger partial charge in [0.2, 0.25) is 5.75 Å². The van der Waals surface area contributed by atoms with E-state index in [9.17, 15) is 4.79 Å². The van der Waals surface area contributed by atoms with Gasteiger partial charge in [0.25, 0.3) is 0 Å². The van der Waals surface area contributed by atoms with E-state index in [1.807, 2.05) is 37.8 Å². The standard InChI is InChI=1S/C22H31NO5/c1-22(2,3)28-21(24)23-16-8-7-9-17(23)11-14(10-16)15-12-18(25-4)20(27-6)19(13-15)26-5/h10,12-13,16-17H,7-9,11H2,1-6H3. The number of hydrogen-bond donors (Lipinski definition) is 0. The smallest absolute Gasteiger partial charge is 0.411 e. The number of rotatable bonds is 4. The van der Waals surface area contributed by atoms with Crippen molar-refractivity contribution in [1.29, 1.82) is 0 Å². The predicted octanol–water partition coefficient (Wildman–Crippen LogP) is 4.66. The first-order valence-electron chi connectivity index (χ1n) is 9.79. The van der Waals surface area contributed by atoms with Gasteiger partial charge in [0, 0.05) is 6.04 Å². The number of nitrogens with zero attached hydrogens (tertiary/aromatic N) is 1. The molecule has 0 N–H and O–H groups in total. The van der Waals surface area contributed by atoms with Crippen LogP contribution in [0.15, 0.2) is 18.2 Å². The van der Waals surface area contributed by atoms with Crippen LogP contribution >= 0.6 is 0 Å². The lowest BCUT2D eigenvalue weighted by Gasteiger charge is -2.45. The Kier molecular flexibility index (Phi) is 5.77. The molecule has 6 heteroatoms. The van der Waals surface area contributed by atoms with E-state index in [2.05, 4.69) is 6.08 Å². The molecule has 28 heavy (non-hydrogen) atoms. The molecular weight excluding hydrogens is 358 g/mol. The topological polar surface area (TPSA) is 57.2 Å². The van der Waals surface area contributed by atoms with Gasteiger partial charge in [-0.1, -0.05) is 6.08 Å². The van der Waals surface area contributed by atoms with E-state index in [-0.39, 0.29) is 18.2 Å². The molecule has 154 valence electrons. The number of ether oxygens (including phenoxy) is 4. The maximum Gasteiger partial charge on any atom is 0.411 e. The molecule has 2 aliphatic heterocycles. The molecule has 1 aromatic rings. The minimum atomic E-state index is -0.494. The lowest BCUT2D eigenvalue weighted by molar-refractivity contribution is 0.0000806. The summed E-state index contributed by atoms with van der Waals surface area (Å²) in [5.41, 5.74) is 1.75. The second kappa shape index (κ2) is 7.94. The number of carbonyl (C=O) groups is 1. The Morgan fingerprint density at radius 3 is 2.18 bits per heavy atom. The number of piperidine rings is 1. The minimum Gasteiger partial charge on any atom is -0.493 e. The molecule has 0 aromatic heterocycles. The average Bonchev–Trinajstić information content (AvgIpc) is 2.64. The van der Waals surface area contributed by atoms with Crippen molar-refractivity contribution in [3.8, 4) is 17.2 Å². The SMILES string of the molecule is COc1cc(C2=CC3CCCC(C2)N3C(=O)OC(C)(C)C)cc(OC)c1OC. The Bertz CT molecular complexity index is 740. The molecule has 0 saturated carbocycles. The third kappa shape index (κ3) is 4.05. The fourth-order valence-electron chi connectivity index (χ4n) is 4.11. The number of benzene rings is 1. The number of methoxy groups -OCH3 is 3. The molecule has 1 fully saturated rings. The Hall–Kier alpha value is -2.37. The zero-order valence-electron chi connectivity index (χ0n) is 17.7. The lowest BCUT2D eigenvalue weighted by Crippen LogP contribution is -2.53. The van der Waals surface area contributed by atoms with Gasteiger partial charge in [0.15, 0.2) is 11.5 Å². The molecule has 2 unspecified atom stereocenters. The van der Waals surface area contributed by atoms with E-state index in [4.69, 9.17) is 18.9 Å². The van der Waals surface area contributed by atoms with Crippen LogP contribution in [0, 0.1) is 0 Å². The van der Waals surface area contributed by atoms with Gasteiger partial charge in [-0.05, 0) is 69.7 Å². The van der Waals surface area contributed by atoms with E-state index in [0.29, 0.717) is 17.2 Å². The van der Waals surface area contributed by atoms with Crippen molar-refractivity contribution in [3.05, 3.63) is 23.8 Å². The molecule has 0 aliphatic carbocycles. The Labute approximate surface area is 167 Å². The highest BCUT2D eigenvalue weighted by Gasteiger charge is 2.39. The van der Waals surface area contributed by atoms with Crippen LogP contribution in [0.25, 0.3) is 5.57 Å². The number of hydrogen-bond acceptors (Lipinski definition) is 5. The zero-order valence-corrected chi connectivity index (χ0v) is 17.7. The molecule has 6 nitrogen and oxygen atoms in total. The van der Waals surface area contributed by atoms with Gasteiger partial charge < -0.3 is 18.9 Å². The molecule has 3 rings (SSSR count). The van der Waals surface area contributed by atoms with Gasteiger partial charge in [0.05, 0.1) is 27.4 Å². The highest BCUT2D eigenvalue weighted by Crippen LogP contribution is 2.43. The molecule has 0 radical (unpaired) electrons. The first-order chi connectivity index (χ1) is 13.3. The fourth-order valence-corrected chi connectivity index (χ4v) is 4.11. The summed E-state index contributed by atoms with van der Waals surface area (Å²) in [6.45, 7) is 5.71. The molecular formula is C22H31NO5.